The summed E-state index contributed by atoms with van der Waals surface area (Å²) in [5.74, 6) is -2.82. The van der Waals surface area contributed by atoms with Crippen LogP contribution in [0.4, 0.5) is 0 Å². The highest BCUT2D eigenvalue weighted by Gasteiger charge is 2.34. The Morgan fingerprint density at radius 2 is 1.92 bits per heavy atom. The molecule has 12 heavy (non-hydrogen) atoms. The van der Waals surface area contributed by atoms with Gasteiger partial charge in [-0.25, -0.2) is 4.79 Å². The number of hydrogen-bond acceptors (Lipinski definition) is 4. The van der Waals surface area contributed by atoms with Gasteiger partial charge in [0.25, 0.3) is 0 Å². The number of aliphatic carboxylic acids is 2. The monoisotopic (exact) mass is 177 g/mol. The number of carboxylic acid groups (broad SMARTS) is 2. The van der Waals surface area contributed by atoms with Gasteiger partial charge in [-0.1, -0.05) is 0 Å². The molecule has 2 atom stereocenters. The van der Waals surface area contributed by atoms with Crippen molar-refractivity contribution in [3.05, 3.63) is 0 Å². The van der Waals surface area contributed by atoms with Crippen LogP contribution in [-0.4, -0.2) is 38.9 Å². The summed E-state index contributed by atoms with van der Waals surface area (Å²) < 4.78 is 0. The van der Waals surface area contributed by atoms with E-state index in [1.807, 2.05) is 0 Å². The standard InChI is InChI=1S/C6H11NO5/c1-6(12,5(10)11)2-3(7)4(8)9/h3,12H,2,7H2,1H3,(H,8,9)(H,10,11)/t3-,6-/m1/s1. The van der Waals surface area contributed by atoms with E-state index in [9.17, 15) is 9.59 Å². The van der Waals surface area contributed by atoms with E-state index in [1.54, 1.807) is 0 Å². The van der Waals surface area contributed by atoms with E-state index in [-0.39, 0.29) is 0 Å². The van der Waals surface area contributed by atoms with Crippen LogP contribution in [0.15, 0.2) is 0 Å². The van der Waals surface area contributed by atoms with Crippen molar-refractivity contribution in [1.29, 1.82) is 0 Å². The summed E-state index contributed by atoms with van der Waals surface area (Å²) >= 11 is 0. The molecule has 0 spiro atoms. The predicted molar refractivity (Wildman–Crippen MR) is 38.5 cm³/mol. The Labute approximate surface area is 68.6 Å². The first-order valence-corrected chi connectivity index (χ1v) is 3.21. The van der Waals surface area contributed by atoms with E-state index >= 15 is 0 Å². The quantitative estimate of drug-likeness (QED) is 0.420. The molecule has 0 amide bonds. The van der Waals surface area contributed by atoms with Gasteiger partial charge in [-0.05, 0) is 6.92 Å². The molecule has 0 aliphatic rings. The molecule has 0 saturated heterocycles. The van der Waals surface area contributed by atoms with E-state index in [4.69, 9.17) is 21.1 Å². The summed E-state index contributed by atoms with van der Waals surface area (Å²) in [5.41, 5.74) is 2.93. The van der Waals surface area contributed by atoms with Crippen LogP contribution >= 0.6 is 0 Å². The minimum atomic E-state index is -2.09. The molecule has 6 heteroatoms. The van der Waals surface area contributed by atoms with E-state index in [0.717, 1.165) is 6.92 Å². The molecule has 0 aliphatic carbocycles. The second kappa shape index (κ2) is 3.51. The molecule has 0 fully saturated rings. The van der Waals surface area contributed by atoms with E-state index in [2.05, 4.69) is 0 Å². The molecular formula is C6H11NO5. The van der Waals surface area contributed by atoms with E-state index < -0.39 is 30.0 Å². The summed E-state index contributed by atoms with van der Waals surface area (Å²) in [6, 6.07) is -1.36. The molecule has 5 N–H and O–H groups in total. The number of carbonyl (C=O) groups is 2. The molecule has 0 aromatic rings. The van der Waals surface area contributed by atoms with Crippen molar-refractivity contribution in [3.63, 3.8) is 0 Å². The first-order chi connectivity index (χ1) is 5.27. The van der Waals surface area contributed by atoms with Gasteiger partial charge in [0.05, 0.1) is 0 Å². The van der Waals surface area contributed by atoms with Crippen LogP contribution < -0.4 is 5.73 Å². The fraction of sp³-hybridized carbons (Fsp3) is 0.667. The van der Waals surface area contributed by atoms with Crippen molar-refractivity contribution in [2.45, 2.75) is 25.0 Å². The van der Waals surface area contributed by atoms with Crippen molar-refractivity contribution in [3.8, 4) is 0 Å². The van der Waals surface area contributed by atoms with Gasteiger partial charge < -0.3 is 21.1 Å². The number of aliphatic hydroxyl groups is 1. The van der Waals surface area contributed by atoms with Crippen LogP contribution in [0.25, 0.3) is 0 Å². The van der Waals surface area contributed by atoms with Crippen molar-refractivity contribution in [1.82, 2.24) is 0 Å². The first-order valence-electron chi connectivity index (χ1n) is 3.21. The van der Waals surface area contributed by atoms with Crippen LogP contribution in [0.1, 0.15) is 13.3 Å². The summed E-state index contributed by atoms with van der Waals surface area (Å²) in [5, 5.41) is 25.7. The van der Waals surface area contributed by atoms with Gasteiger partial charge in [-0.3, -0.25) is 4.79 Å². The first kappa shape index (κ1) is 10.9. The highest BCUT2D eigenvalue weighted by Crippen LogP contribution is 2.11. The number of hydrogen-bond donors (Lipinski definition) is 4. The number of rotatable bonds is 4. The van der Waals surface area contributed by atoms with Gasteiger partial charge in [0.15, 0.2) is 5.60 Å². The normalized spacial score (nSPS) is 17.9. The highest BCUT2D eigenvalue weighted by atomic mass is 16.4. The van der Waals surface area contributed by atoms with Gasteiger partial charge in [-0.15, -0.1) is 0 Å². The van der Waals surface area contributed by atoms with Crippen molar-refractivity contribution >= 4 is 11.9 Å². The summed E-state index contributed by atoms with van der Waals surface area (Å²) in [6.07, 6.45) is -0.516. The zero-order valence-electron chi connectivity index (χ0n) is 6.52. The molecule has 6 nitrogen and oxygen atoms in total. The maximum Gasteiger partial charge on any atom is 0.335 e. The van der Waals surface area contributed by atoms with Crippen LogP contribution in [-0.2, 0) is 9.59 Å². The molecule has 0 aromatic carbocycles. The average molecular weight is 177 g/mol. The van der Waals surface area contributed by atoms with E-state index in [1.165, 1.54) is 0 Å². The van der Waals surface area contributed by atoms with Gasteiger partial charge in [0, 0.05) is 6.42 Å². The molecular weight excluding hydrogens is 166 g/mol. The third-order valence-electron chi connectivity index (χ3n) is 1.40. The van der Waals surface area contributed by atoms with Gasteiger partial charge in [0.1, 0.15) is 6.04 Å². The van der Waals surface area contributed by atoms with Gasteiger partial charge in [0.2, 0.25) is 0 Å². The molecule has 0 unspecified atom stereocenters. The third-order valence-corrected chi connectivity index (χ3v) is 1.40. The lowest BCUT2D eigenvalue weighted by molar-refractivity contribution is -0.158. The summed E-state index contributed by atoms with van der Waals surface area (Å²) in [7, 11) is 0. The smallest absolute Gasteiger partial charge is 0.335 e. The Morgan fingerprint density at radius 3 is 2.17 bits per heavy atom. The fourth-order valence-corrected chi connectivity index (χ4v) is 0.603. The van der Waals surface area contributed by atoms with Crippen molar-refractivity contribution < 1.29 is 24.9 Å². The van der Waals surface area contributed by atoms with Crippen LogP contribution in [0.5, 0.6) is 0 Å². The minimum absolute atomic E-state index is 0.516. The predicted octanol–water partition coefficient (Wildman–Crippen LogP) is -1.38. The largest absolute Gasteiger partial charge is 0.480 e. The Balaban J connectivity index is 4.24. The maximum absolute atomic E-state index is 10.3. The third kappa shape index (κ3) is 2.85. The van der Waals surface area contributed by atoms with E-state index in [0.29, 0.717) is 0 Å². The SMILES string of the molecule is C[C@@](O)(C[C@@H](N)C(=O)O)C(=O)O. The topological polar surface area (TPSA) is 121 Å². The van der Waals surface area contributed by atoms with Crippen molar-refractivity contribution in [2.75, 3.05) is 0 Å². The lowest BCUT2D eigenvalue weighted by Crippen LogP contribution is -2.44. The second-order valence-electron chi connectivity index (χ2n) is 2.73. The van der Waals surface area contributed by atoms with Gasteiger partial charge in [-0.2, -0.15) is 0 Å². The number of carboxylic acids is 2. The van der Waals surface area contributed by atoms with Gasteiger partial charge >= 0.3 is 11.9 Å². The zero-order chi connectivity index (χ0) is 9.94. The zero-order valence-corrected chi connectivity index (χ0v) is 6.52. The molecule has 70 valence electrons. The Kier molecular flexibility index (Phi) is 3.17. The highest BCUT2D eigenvalue weighted by molar-refractivity contribution is 5.79. The molecule has 0 heterocycles. The minimum Gasteiger partial charge on any atom is -0.480 e. The summed E-state index contributed by atoms with van der Waals surface area (Å²) in [4.78, 5) is 20.5. The Bertz CT molecular complexity index is 200. The number of nitrogens with two attached hydrogens (primary N) is 1. The molecule has 0 aromatic heterocycles. The molecule has 0 aliphatic heterocycles. The van der Waals surface area contributed by atoms with Crippen molar-refractivity contribution in [2.24, 2.45) is 5.73 Å². The maximum atomic E-state index is 10.3. The molecule has 0 rings (SSSR count). The lowest BCUT2D eigenvalue weighted by atomic mass is 9.98. The van der Waals surface area contributed by atoms with Crippen LogP contribution in [0.3, 0.4) is 0 Å². The van der Waals surface area contributed by atoms with Crippen LogP contribution in [0, 0.1) is 0 Å². The van der Waals surface area contributed by atoms with Crippen LogP contribution in [0.2, 0.25) is 0 Å². The fourth-order valence-electron chi connectivity index (χ4n) is 0.603. The Hall–Kier alpha value is -1.14. The molecule has 0 radical (unpaired) electrons. The molecule has 0 bridgehead atoms. The Morgan fingerprint density at radius 1 is 1.50 bits per heavy atom. The lowest BCUT2D eigenvalue weighted by Gasteiger charge is -2.19. The average Bonchev–Trinajstić information content (AvgIpc) is 1.85. The summed E-state index contributed by atoms with van der Waals surface area (Å²) in [6.45, 7) is 0.998. The molecule has 0 saturated carbocycles. The second-order valence-corrected chi connectivity index (χ2v) is 2.73.